The maximum atomic E-state index is 13.1. The van der Waals surface area contributed by atoms with Crippen molar-refractivity contribution in [2.24, 2.45) is 11.7 Å². The summed E-state index contributed by atoms with van der Waals surface area (Å²) in [6.45, 7) is 0.406. The summed E-state index contributed by atoms with van der Waals surface area (Å²) in [4.78, 5) is 31.4. The van der Waals surface area contributed by atoms with Crippen molar-refractivity contribution in [1.82, 2.24) is 9.88 Å². The van der Waals surface area contributed by atoms with Crippen molar-refractivity contribution in [1.29, 1.82) is 0 Å². The third-order valence-electron chi connectivity index (χ3n) is 5.96. The zero-order valence-corrected chi connectivity index (χ0v) is 17.6. The molecule has 2 aliphatic rings. The van der Waals surface area contributed by atoms with Gasteiger partial charge in [0.05, 0.1) is 5.56 Å². The van der Waals surface area contributed by atoms with E-state index in [-0.39, 0.29) is 29.8 Å². The van der Waals surface area contributed by atoms with Gasteiger partial charge in [0, 0.05) is 47.7 Å². The van der Waals surface area contributed by atoms with Crippen LogP contribution in [0.5, 0.6) is 0 Å². The van der Waals surface area contributed by atoms with Crippen LogP contribution in [-0.2, 0) is 11.3 Å². The lowest BCUT2D eigenvalue weighted by Gasteiger charge is -2.39. The molecule has 0 spiro atoms. The van der Waals surface area contributed by atoms with Crippen molar-refractivity contribution in [3.8, 4) is 0 Å². The molecule has 1 aromatic heterocycles. The minimum atomic E-state index is -0.239. The highest BCUT2D eigenvalue weighted by Gasteiger charge is 2.38. The summed E-state index contributed by atoms with van der Waals surface area (Å²) in [5.41, 5.74) is 8.33. The molecular weight excluding hydrogens is 400 g/mol. The predicted molar refractivity (Wildman–Crippen MR) is 117 cm³/mol. The molecule has 1 heterocycles. The summed E-state index contributed by atoms with van der Waals surface area (Å²) in [5.74, 6) is 0.0566. The number of carbonyl (C=O) groups excluding carboxylic acids is 2. The maximum absolute atomic E-state index is 13.1. The molecular formula is C23H27ClN4O2. The second kappa shape index (κ2) is 9.14. The lowest BCUT2D eigenvalue weighted by atomic mass is 9.89. The van der Waals surface area contributed by atoms with Crippen molar-refractivity contribution < 1.29 is 9.59 Å². The minimum Gasteiger partial charge on any atom is -0.334 e. The van der Waals surface area contributed by atoms with Crippen LogP contribution < -0.4 is 11.1 Å². The fourth-order valence-electron chi connectivity index (χ4n) is 4.11. The molecule has 0 bridgehead atoms. The molecule has 2 saturated carbocycles. The van der Waals surface area contributed by atoms with Gasteiger partial charge < -0.3 is 16.0 Å². The molecule has 0 aliphatic heterocycles. The Bertz CT molecular complexity index is 917. The Morgan fingerprint density at radius 2 is 1.97 bits per heavy atom. The quantitative estimate of drug-likeness (QED) is 0.730. The van der Waals surface area contributed by atoms with Crippen LogP contribution in [0, 0.1) is 5.92 Å². The van der Waals surface area contributed by atoms with Gasteiger partial charge in [-0.25, -0.2) is 0 Å². The first-order valence-corrected chi connectivity index (χ1v) is 11.0. The Kier molecular flexibility index (Phi) is 6.35. The number of nitrogens with two attached hydrogens (primary N) is 1. The molecule has 2 unspecified atom stereocenters. The normalized spacial score (nSPS) is 21.1. The van der Waals surface area contributed by atoms with Gasteiger partial charge in [0.2, 0.25) is 5.91 Å². The Labute approximate surface area is 181 Å². The van der Waals surface area contributed by atoms with Crippen LogP contribution >= 0.6 is 11.6 Å². The van der Waals surface area contributed by atoms with E-state index in [1.54, 1.807) is 30.5 Å². The Morgan fingerprint density at radius 1 is 1.17 bits per heavy atom. The third kappa shape index (κ3) is 4.82. The van der Waals surface area contributed by atoms with Gasteiger partial charge in [-0.05, 0) is 61.6 Å². The number of amides is 2. The molecule has 0 radical (unpaired) electrons. The lowest BCUT2D eigenvalue weighted by molar-refractivity contribution is -0.136. The highest BCUT2D eigenvalue weighted by Crippen LogP contribution is 2.35. The van der Waals surface area contributed by atoms with Gasteiger partial charge in [0.15, 0.2) is 0 Å². The number of hydrogen-bond acceptors (Lipinski definition) is 4. The molecule has 2 aromatic rings. The fraction of sp³-hybridized carbons (Fsp3) is 0.435. The van der Waals surface area contributed by atoms with Gasteiger partial charge in [-0.2, -0.15) is 0 Å². The van der Waals surface area contributed by atoms with E-state index in [0.29, 0.717) is 22.8 Å². The number of carbonyl (C=O) groups is 2. The summed E-state index contributed by atoms with van der Waals surface area (Å²) in [7, 11) is 0. The summed E-state index contributed by atoms with van der Waals surface area (Å²) in [6.07, 6.45) is 9.11. The molecule has 1 aromatic carbocycles. The van der Waals surface area contributed by atoms with Gasteiger partial charge in [-0.1, -0.05) is 24.4 Å². The first-order chi connectivity index (χ1) is 14.5. The second-order valence-electron chi connectivity index (χ2n) is 8.26. The van der Waals surface area contributed by atoms with E-state index >= 15 is 0 Å². The molecule has 2 atom stereocenters. The average molecular weight is 427 g/mol. The smallest absolute Gasteiger partial charge is 0.257 e. The summed E-state index contributed by atoms with van der Waals surface area (Å²) in [5, 5.41) is 3.46. The molecule has 7 heteroatoms. The lowest BCUT2D eigenvalue weighted by Crippen LogP contribution is -2.52. The first kappa shape index (κ1) is 20.8. The van der Waals surface area contributed by atoms with Crippen LogP contribution in [0.3, 0.4) is 0 Å². The van der Waals surface area contributed by atoms with Crippen LogP contribution in [-0.4, -0.2) is 33.8 Å². The number of pyridine rings is 1. The zero-order valence-electron chi connectivity index (χ0n) is 16.9. The summed E-state index contributed by atoms with van der Waals surface area (Å²) < 4.78 is 0. The van der Waals surface area contributed by atoms with E-state index in [2.05, 4.69) is 10.3 Å². The number of halogens is 1. The molecule has 30 heavy (non-hydrogen) atoms. The SMILES string of the molecule is NC1CCCCC1N(Cc1cc(NC(=O)c2cccnc2)ccc1Cl)C(=O)C1CC1. The van der Waals surface area contributed by atoms with Crippen LogP contribution in [0.1, 0.15) is 54.4 Å². The molecule has 2 aliphatic carbocycles. The molecule has 2 fully saturated rings. The molecule has 2 amide bonds. The monoisotopic (exact) mass is 426 g/mol. The van der Waals surface area contributed by atoms with E-state index in [1.807, 2.05) is 11.0 Å². The molecule has 3 N–H and O–H groups in total. The molecule has 0 saturated heterocycles. The van der Waals surface area contributed by atoms with Gasteiger partial charge in [-0.3, -0.25) is 14.6 Å². The topological polar surface area (TPSA) is 88.3 Å². The maximum Gasteiger partial charge on any atom is 0.257 e. The number of nitrogens with zero attached hydrogens (tertiary/aromatic N) is 2. The van der Waals surface area contributed by atoms with Crippen LogP contribution in [0.25, 0.3) is 0 Å². The van der Waals surface area contributed by atoms with Gasteiger partial charge in [-0.15, -0.1) is 0 Å². The zero-order chi connectivity index (χ0) is 21.1. The van der Waals surface area contributed by atoms with Gasteiger partial charge >= 0.3 is 0 Å². The van der Waals surface area contributed by atoms with Crippen molar-refractivity contribution in [2.75, 3.05) is 5.32 Å². The highest BCUT2D eigenvalue weighted by atomic mass is 35.5. The van der Waals surface area contributed by atoms with Crippen molar-refractivity contribution in [3.63, 3.8) is 0 Å². The number of benzene rings is 1. The molecule has 158 valence electrons. The summed E-state index contributed by atoms with van der Waals surface area (Å²) >= 11 is 6.48. The van der Waals surface area contributed by atoms with E-state index in [1.165, 1.54) is 6.20 Å². The number of nitrogens with one attached hydrogen (secondary N) is 1. The van der Waals surface area contributed by atoms with Crippen LogP contribution in [0.4, 0.5) is 5.69 Å². The highest BCUT2D eigenvalue weighted by molar-refractivity contribution is 6.31. The number of aromatic nitrogens is 1. The average Bonchev–Trinajstić information content (AvgIpc) is 3.60. The van der Waals surface area contributed by atoms with Gasteiger partial charge in [0.25, 0.3) is 5.91 Å². The Balaban J connectivity index is 1.54. The number of rotatable bonds is 6. The first-order valence-electron chi connectivity index (χ1n) is 10.6. The minimum absolute atomic E-state index is 0.00584. The van der Waals surface area contributed by atoms with Gasteiger partial charge in [0.1, 0.15) is 0 Å². The fourth-order valence-corrected chi connectivity index (χ4v) is 4.29. The summed E-state index contributed by atoms with van der Waals surface area (Å²) in [6, 6.07) is 8.83. The molecule has 4 rings (SSSR count). The third-order valence-corrected chi connectivity index (χ3v) is 6.33. The number of hydrogen-bond donors (Lipinski definition) is 2. The molecule has 6 nitrogen and oxygen atoms in total. The van der Waals surface area contributed by atoms with Crippen LogP contribution in [0.15, 0.2) is 42.7 Å². The van der Waals surface area contributed by atoms with E-state index in [4.69, 9.17) is 17.3 Å². The standard InChI is InChI=1S/C23H27ClN4O2/c24-19-10-9-18(27-22(29)16-4-3-11-26-13-16)12-17(19)14-28(23(30)15-7-8-15)21-6-2-1-5-20(21)25/h3-4,9-13,15,20-21H,1-2,5-8,14,25H2,(H,27,29). The second-order valence-corrected chi connectivity index (χ2v) is 8.67. The van der Waals surface area contributed by atoms with E-state index in [0.717, 1.165) is 44.1 Å². The number of anilines is 1. The van der Waals surface area contributed by atoms with Crippen molar-refractivity contribution in [3.05, 3.63) is 58.9 Å². The van der Waals surface area contributed by atoms with Crippen molar-refractivity contribution >= 4 is 29.1 Å². The van der Waals surface area contributed by atoms with E-state index < -0.39 is 0 Å². The Hall–Kier alpha value is -2.44. The van der Waals surface area contributed by atoms with Crippen LogP contribution in [0.2, 0.25) is 5.02 Å². The largest absolute Gasteiger partial charge is 0.334 e. The Morgan fingerprint density at radius 3 is 2.67 bits per heavy atom. The van der Waals surface area contributed by atoms with Crippen molar-refractivity contribution in [2.45, 2.75) is 57.2 Å². The van der Waals surface area contributed by atoms with E-state index in [9.17, 15) is 9.59 Å². The predicted octanol–water partition coefficient (Wildman–Crippen LogP) is 4.00.